The Bertz CT molecular complexity index is 628. The first kappa shape index (κ1) is 14.2. The van der Waals surface area contributed by atoms with E-state index >= 15 is 0 Å². The number of aromatic nitrogens is 2. The zero-order valence-corrected chi connectivity index (χ0v) is 11.8. The van der Waals surface area contributed by atoms with Crippen LogP contribution in [0.4, 0.5) is 5.82 Å². The number of anilines is 1. The van der Waals surface area contributed by atoms with Gasteiger partial charge in [0.05, 0.1) is 11.1 Å². The average molecular weight is 274 g/mol. The minimum Gasteiger partial charge on any atom is -0.478 e. The number of aromatic carboxylic acids is 1. The number of nitrogens with zero attached hydrogens (tertiary/aromatic N) is 3. The Balaban J connectivity index is 2.32. The molecule has 0 aliphatic rings. The molecule has 0 saturated heterocycles. The number of fused-ring (bicyclic) bond motifs is 1. The fourth-order valence-corrected chi connectivity index (χ4v) is 2.13. The lowest BCUT2D eigenvalue weighted by Crippen LogP contribution is -2.30. The Labute approximate surface area is 117 Å². The van der Waals surface area contributed by atoms with Gasteiger partial charge in [0, 0.05) is 18.0 Å². The van der Waals surface area contributed by atoms with Gasteiger partial charge in [-0.05, 0) is 39.2 Å². The highest BCUT2D eigenvalue weighted by Crippen LogP contribution is 2.21. The molecular weight excluding hydrogens is 256 g/mol. The summed E-state index contributed by atoms with van der Waals surface area (Å²) in [6, 6.07) is 5.09. The van der Waals surface area contributed by atoms with Gasteiger partial charge in [0.25, 0.3) is 0 Å². The Kier molecular flexibility index (Phi) is 4.14. The Morgan fingerprint density at radius 3 is 2.80 bits per heavy atom. The molecular formula is C14H18N4O2. The Hall–Kier alpha value is -2.21. The van der Waals surface area contributed by atoms with Crippen LogP contribution in [0.15, 0.2) is 24.5 Å². The van der Waals surface area contributed by atoms with E-state index in [0.717, 1.165) is 17.7 Å². The van der Waals surface area contributed by atoms with Crippen molar-refractivity contribution in [3.8, 4) is 0 Å². The van der Waals surface area contributed by atoms with Gasteiger partial charge in [-0.1, -0.05) is 0 Å². The second kappa shape index (κ2) is 5.83. The Morgan fingerprint density at radius 2 is 2.15 bits per heavy atom. The maximum absolute atomic E-state index is 11.0. The van der Waals surface area contributed by atoms with Crippen molar-refractivity contribution in [2.45, 2.75) is 13.0 Å². The maximum Gasteiger partial charge on any atom is 0.335 e. The van der Waals surface area contributed by atoms with E-state index in [2.05, 4.69) is 27.1 Å². The third-order valence-electron chi connectivity index (χ3n) is 2.91. The molecule has 1 unspecified atom stereocenters. The molecule has 2 rings (SSSR count). The summed E-state index contributed by atoms with van der Waals surface area (Å²) in [4.78, 5) is 21.4. The molecule has 0 aliphatic carbocycles. The van der Waals surface area contributed by atoms with Gasteiger partial charge in [-0.15, -0.1) is 0 Å². The van der Waals surface area contributed by atoms with E-state index in [1.54, 1.807) is 18.2 Å². The fraction of sp³-hybridized carbons (Fsp3) is 0.357. The van der Waals surface area contributed by atoms with Gasteiger partial charge in [-0.25, -0.2) is 14.8 Å². The molecule has 6 heteroatoms. The number of benzene rings is 1. The van der Waals surface area contributed by atoms with Gasteiger partial charge in [0.1, 0.15) is 12.1 Å². The third kappa shape index (κ3) is 3.21. The zero-order valence-electron chi connectivity index (χ0n) is 11.8. The third-order valence-corrected chi connectivity index (χ3v) is 2.91. The first-order valence-corrected chi connectivity index (χ1v) is 6.36. The standard InChI is InChI=1S/C14H18N4O2/c1-9(7-18(2)3)17-13-11-5-4-10(14(19)20)6-12(11)15-8-16-13/h4-6,8-9H,7H2,1-3H3,(H,19,20)(H,15,16,17). The lowest BCUT2D eigenvalue weighted by Gasteiger charge is -2.19. The smallest absolute Gasteiger partial charge is 0.335 e. The van der Waals surface area contributed by atoms with Crippen LogP contribution in [0.5, 0.6) is 0 Å². The van der Waals surface area contributed by atoms with E-state index in [0.29, 0.717) is 5.52 Å². The van der Waals surface area contributed by atoms with Crippen molar-refractivity contribution in [1.82, 2.24) is 14.9 Å². The normalized spacial score (nSPS) is 12.6. The van der Waals surface area contributed by atoms with E-state index in [-0.39, 0.29) is 11.6 Å². The minimum atomic E-state index is -0.957. The summed E-state index contributed by atoms with van der Waals surface area (Å²) >= 11 is 0. The topological polar surface area (TPSA) is 78.3 Å². The van der Waals surface area contributed by atoms with Crippen LogP contribution in [0, 0.1) is 0 Å². The minimum absolute atomic E-state index is 0.224. The molecule has 20 heavy (non-hydrogen) atoms. The highest BCUT2D eigenvalue weighted by Gasteiger charge is 2.10. The Morgan fingerprint density at radius 1 is 1.40 bits per heavy atom. The van der Waals surface area contributed by atoms with E-state index < -0.39 is 5.97 Å². The van der Waals surface area contributed by atoms with E-state index in [4.69, 9.17) is 5.11 Å². The van der Waals surface area contributed by atoms with E-state index in [9.17, 15) is 4.79 Å². The molecule has 2 aromatic rings. The zero-order chi connectivity index (χ0) is 14.7. The first-order chi connectivity index (χ1) is 9.47. The predicted molar refractivity (Wildman–Crippen MR) is 78.1 cm³/mol. The van der Waals surface area contributed by atoms with Gasteiger partial charge in [-0.3, -0.25) is 0 Å². The molecule has 2 N–H and O–H groups in total. The summed E-state index contributed by atoms with van der Waals surface area (Å²) in [5, 5.41) is 13.1. The number of rotatable bonds is 5. The van der Waals surface area contributed by atoms with Crippen molar-refractivity contribution >= 4 is 22.7 Å². The van der Waals surface area contributed by atoms with E-state index in [1.807, 2.05) is 14.1 Å². The lowest BCUT2D eigenvalue weighted by molar-refractivity contribution is 0.0697. The van der Waals surface area contributed by atoms with Crippen LogP contribution in [0.1, 0.15) is 17.3 Å². The van der Waals surface area contributed by atoms with Crippen molar-refractivity contribution in [2.75, 3.05) is 26.0 Å². The fourth-order valence-electron chi connectivity index (χ4n) is 2.13. The SMILES string of the molecule is CC(CN(C)C)Nc1ncnc2cc(C(=O)O)ccc12. The second-order valence-corrected chi connectivity index (χ2v) is 5.07. The quantitative estimate of drug-likeness (QED) is 0.864. The van der Waals surface area contributed by atoms with Crippen LogP contribution in [0.3, 0.4) is 0 Å². The summed E-state index contributed by atoms with van der Waals surface area (Å²) in [5.74, 6) is -0.234. The molecule has 0 spiro atoms. The number of likely N-dealkylation sites (N-methyl/N-ethyl adjacent to an activating group) is 1. The van der Waals surface area contributed by atoms with Crippen molar-refractivity contribution in [3.63, 3.8) is 0 Å². The van der Waals surface area contributed by atoms with Crippen molar-refractivity contribution in [3.05, 3.63) is 30.1 Å². The monoisotopic (exact) mass is 274 g/mol. The molecule has 0 fully saturated rings. The number of nitrogens with one attached hydrogen (secondary N) is 1. The van der Waals surface area contributed by atoms with Gasteiger partial charge < -0.3 is 15.3 Å². The van der Waals surface area contributed by atoms with Crippen molar-refractivity contribution in [2.24, 2.45) is 0 Å². The second-order valence-electron chi connectivity index (χ2n) is 5.07. The molecule has 0 bridgehead atoms. The summed E-state index contributed by atoms with van der Waals surface area (Å²) in [6.45, 7) is 2.94. The van der Waals surface area contributed by atoms with Gasteiger partial charge in [-0.2, -0.15) is 0 Å². The lowest BCUT2D eigenvalue weighted by atomic mass is 10.1. The highest BCUT2D eigenvalue weighted by molar-refractivity contribution is 5.96. The molecule has 0 saturated carbocycles. The highest BCUT2D eigenvalue weighted by atomic mass is 16.4. The van der Waals surface area contributed by atoms with Gasteiger partial charge in [0.15, 0.2) is 0 Å². The molecule has 0 aliphatic heterocycles. The van der Waals surface area contributed by atoms with Crippen molar-refractivity contribution in [1.29, 1.82) is 0 Å². The first-order valence-electron chi connectivity index (χ1n) is 6.36. The molecule has 0 amide bonds. The molecule has 1 aromatic heterocycles. The van der Waals surface area contributed by atoms with Crippen molar-refractivity contribution < 1.29 is 9.90 Å². The summed E-state index contributed by atoms with van der Waals surface area (Å²) in [5.41, 5.74) is 0.850. The van der Waals surface area contributed by atoms with Crippen LogP contribution in [0.2, 0.25) is 0 Å². The summed E-state index contributed by atoms with van der Waals surface area (Å²) < 4.78 is 0. The number of carboxylic acid groups (broad SMARTS) is 1. The van der Waals surface area contributed by atoms with Crippen LogP contribution in [-0.2, 0) is 0 Å². The van der Waals surface area contributed by atoms with E-state index in [1.165, 1.54) is 6.33 Å². The largest absolute Gasteiger partial charge is 0.478 e. The molecule has 1 atom stereocenters. The molecule has 1 heterocycles. The summed E-state index contributed by atoms with van der Waals surface area (Å²) in [7, 11) is 4.02. The number of carbonyl (C=O) groups is 1. The van der Waals surface area contributed by atoms with Crippen LogP contribution in [0.25, 0.3) is 10.9 Å². The van der Waals surface area contributed by atoms with Gasteiger partial charge >= 0.3 is 5.97 Å². The number of carboxylic acids is 1. The number of hydrogen-bond acceptors (Lipinski definition) is 5. The molecule has 1 aromatic carbocycles. The van der Waals surface area contributed by atoms with Crippen LogP contribution in [-0.4, -0.2) is 52.6 Å². The van der Waals surface area contributed by atoms with Crippen LogP contribution < -0.4 is 5.32 Å². The maximum atomic E-state index is 11.0. The summed E-state index contributed by atoms with van der Waals surface area (Å²) in [6.07, 6.45) is 1.44. The average Bonchev–Trinajstić information content (AvgIpc) is 2.37. The molecule has 106 valence electrons. The molecule has 6 nitrogen and oxygen atoms in total. The van der Waals surface area contributed by atoms with Gasteiger partial charge in [0.2, 0.25) is 0 Å². The number of hydrogen-bond donors (Lipinski definition) is 2. The molecule has 0 radical (unpaired) electrons. The van der Waals surface area contributed by atoms with Crippen LogP contribution >= 0.6 is 0 Å². The predicted octanol–water partition coefficient (Wildman–Crippen LogP) is 1.69.